The van der Waals surface area contributed by atoms with Crippen LogP contribution in [-0.2, 0) is 4.79 Å². The molecule has 34 heavy (non-hydrogen) atoms. The number of carbonyl (C=O) groups excluding carboxylic acids is 3. The van der Waals surface area contributed by atoms with E-state index in [0.29, 0.717) is 35.5 Å². The second-order valence-corrected chi connectivity index (χ2v) is 8.44. The second-order valence-electron chi connectivity index (χ2n) is 8.44. The first-order valence-electron chi connectivity index (χ1n) is 11.2. The maximum Gasteiger partial charge on any atom is 0.260 e. The molecular formula is C26H21N5O3. The molecule has 3 aromatic carbocycles. The molecule has 2 aliphatic rings. The number of carbonyl (C=O) groups is 3. The Labute approximate surface area is 195 Å². The number of H-pyrrole nitrogens is 1. The predicted molar refractivity (Wildman–Crippen MR) is 127 cm³/mol. The van der Waals surface area contributed by atoms with E-state index in [9.17, 15) is 14.4 Å². The van der Waals surface area contributed by atoms with Gasteiger partial charge >= 0.3 is 0 Å². The van der Waals surface area contributed by atoms with Crippen molar-refractivity contribution in [3.8, 4) is 0 Å². The van der Waals surface area contributed by atoms with Crippen molar-refractivity contribution in [1.29, 1.82) is 0 Å². The van der Waals surface area contributed by atoms with Crippen LogP contribution in [-0.4, -0.2) is 39.1 Å². The zero-order chi connectivity index (χ0) is 23.2. The summed E-state index contributed by atoms with van der Waals surface area (Å²) in [6.45, 7) is 0.350. The van der Waals surface area contributed by atoms with Gasteiger partial charge in [0, 0.05) is 29.8 Å². The van der Waals surface area contributed by atoms with Crippen molar-refractivity contribution in [2.75, 3.05) is 16.8 Å². The van der Waals surface area contributed by atoms with E-state index in [-0.39, 0.29) is 24.1 Å². The molecule has 1 unspecified atom stereocenters. The average Bonchev–Trinajstić information content (AvgIpc) is 3.44. The van der Waals surface area contributed by atoms with Crippen LogP contribution in [0.5, 0.6) is 0 Å². The van der Waals surface area contributed by atoms with E-state index in [4.69, 9.17) is 0 Å². The van der Waals surface area contributed by atoms with E-state index >= 15 is 0 Å². The lowest BCUT2D eigenvalue weighted by atomic mass is 10.0. The molecule has 2 aliphatic heterocycles. The van der Waals surface area contributed by atoms with Crippen molar-refractivity contribution in [2.24, 2.45) is 0 Å². The summed E-state index contributed by atoms with van der Waals surface area (Å²) in [4.78, 5) is 49.8. The molecule has 1 atom stereocenters. The van der Waals surface area contributed by atoms with Crippen LogP contribution in [0.4, 0.5) is 11.4 Å². The number of imidazole rings is 1. The summed E-state index contributed by atoms with van der Waals surface area (Å²) >= 11 is 0. The first kappa shape index (κ1) is 20.2. The molecule has 0 saturated heterocycles. The van der Waals surface area contributed by atoms with Gasteiger partial charge in [0.25, 0.3) is 11.8 Å². The van der Waals surface area contributed by atoms with Gasteiger partial charge in [0.05, 0.1) is 28.6 Å². The van der Waals surface area contributed by atoms with Crippen molar-refractivity contribution in [3.63, 3.8) is 0 Å². The van der Waals surface area contributed by atoms with Crippen LogP contribution in [0.3, 0.4) is 0 Å². The van der Waals surface area contributed by atoms with Gasteiger partial charge in [0.1, 0.15) is 6.17 Å². The number of aromatic amines is 1. The quantitative estimate of drug-likeness (QED) is 0.477. The van der Waals surface area contributed by atoms with Gasteiger partial charge in [-0.3, -0.25) is 19.3 Å². The fourth-order valence-electron chi connectivity index (χ4n) is 4.85. The van der Waals surface area contributed by atoms with E-state index < -0.39 is 6.17 Å². The summed E-state index contributed by atoms with van der Waals surface area (Å²) in [5.74, 6) is -0.382. The summed E-state index contributed by atoms with van der Waals surface area (Å²) in [5.41, 5.74) is 4.91. The first-order valence-corrected chi connectivity index (χ1v) is 11.2. The summed E-state index contributed by atoms with van der Waals surface area (Å²) in [6, 6.07) is 20.1. The normalized spacial score (nSPS) is 16.4. The number of anilines is 2. The minimum Gasteiger partial charge on any atom is -0.345 e. The fraction of sp³-hybridized carbons (Fsp3) is 0.154. The summed E-state index contributed by atoms with van der Waals surface area (Å²) < 4.78 is 0. The van der Waals surface area contributed by atoms with Crippen LogP contribution in [0.1, 0.15) is 45.3 Å². The Morgan fingerprint density at radius 2 is 1.76 bits per heavy atom. The van der Waals surface area contributed by atoms with Crippen LogP contribution >= 0.6 is 0 Å². The molecule has 0 bridgehead atoms. The molecule has 4 aromatic rings. The van der Waals surface area contributed by atoms with Crippen LogP contribution in [0.2, 0.25) is 0 Å². The first-order chi connectivity index (χ1) is 16.6. The van der Waals surface area contributed by atoms with Crippen molar-refractivity contribution in [3.05, 3.63) is 89.7 Å². The lowest BCUT2D eigenvalue weighted by Crippen LogP contribution is -2.48. The number of nitrogens with zero attached hydrogens (tertiary/aromatic N) is 3. The molecule has 0 saturated carbocycles. The van der Waals surface area contributed by atoms with Gasteiger partial charge in [-0.1, -0.05) is 30.3 Å². The third-order valence-electron chi connectivity index (χ3n) is 6.39. The molecular weight excluding hydrogens is 430 g/mol. The number of aromatic nitrogens is 2. The summed E-state index contributed by atoms with van der Waals surface area (Å²) in [6.07, 6.45) is 1.82. The fourth-order valence-corrected chi connectivity index (χ4v) is 4.85. The predicted octanol–water partition coefficient (Wildman–Crippen LogP) is 4.10. The van der Waals surface area contributed by atoms with E-state index in [0.717, 1.165) is 16.6 Å². The van der Waals surface area contributed by atoms with Gasteiger partial charge in [-0.2, -0.15) is 0 Å². The largest absolute Gasteiger partial charge is 0.345 e. The number of para-hydroxylation sites is 1. The number of amides is 3. The smallest absolute Gasteiger partial charge is 0.260 e. The Kier molecular flexibility index (Phi) is 4.65. The summed E-state index contributed by atoms with van der Waals surface area (Å²) in [5, 5.41) is 2.90. The van der Waals surface area contributed by atoms with E-state index in [1.54, 1.807) is 34.3 Å². The van der Waals surface area contributed by atoms with Crippen LogP contribution in [0.25, 0.3) is 11.0 Å². The highest BCUT2D eigenvalue weighted by Crippen LogP contribution is 2.45. The molecule has 8 nitrogen and oxygen atoms in total. The highest BCUT2D eigenvalue weighted by molar-refractivity contribution is 6.16. The van der Waals surface area contributed by atoms with Gasteiger partial charge in [-0.15, -0.1) is 0 Å². The third kappa shape index (κ3) is 3.14. The van der Waals surface area contributed by atoms with Gasteiger partial charge < -0.3 is 15.2 Å². The number of hydrogen-bond donors (Lipinski definition) is 2. The molecule has 0 fully saturated rings. The zero-order valence-electron chi connectivity index (χ0n) is 18.2. The molecule has 3 heterocycles. The molecule has 2 N–H and O–H groups in total. The standard InChI is InChI=1S/C26H21N5O3/c32-23(29-16-11-12-20-21(14-16)28-15-27-20)10-5-13-30-24-17-6-1-2-7-18(17)26(34)31(24)22-9-4-3-8-19(22)25(30)33/h1-4,6-9,11-12,14-15,24H,5,10,13H2,(H,27,28)(H,29,32). The SMILES string of the molecule is O=C(CCCN1C(=O)c2ccccc2N2C(=O)c3ccccc3C12)Nc1ccc2nc[nH]c2c1. The number of hydrogen-bond acceptors (Lipinski definition) is 4. The van der Waals surface area contributed by atoms with Crippen molar-refractivity contribution in [1.82, 2.24) is 14.9 Å². The van der Waals surface area contributed by atoms with Crippen LogP contribution in [0, 0.1) is 0 Å². The minimum absolute atomic E-state index is 0.113. The van der Waals surface area contributed by atoms with E-state index in [1.165, 1.54) is 0 Å². The lowest BCUT2D eigenvalue weighted by Gasteiger charge is -2.41. The maximum atomic E-state index is 13.4. The molecule has 3 amide bonds. The minimum atomic E-state index is -0.503. The number of fused-ring (bicyclic) bond motifs is 6. The Hall–Kier alpha value is -4.46. The molecule has 168 valence electrons. The summed E-state index contributed by atoms with van der Waals surface area (Å²) in [7, 11) is 0. The van der Waals surface area contributed by atoms with Gasteiger partial charge in [-0.25, -0.2) is 4.98 Å². The second kappa shape index (κ2) is 7.84. The number of rotatable bonds is 5. The van der Waals surface area contributed by atoms with Gasteiger partial charge in [0.2, 0.25) is 5.91 Å². The molecule has 8 heteroatoms. The van der Waals surface area contributed by atoms with Crippen molar-refractivity contribution < 1.29 is 14.4 Å². The van der Waals surface area contributed by atoms with E-state index in [1.807, 2.05) is 48.5 Å². The van der Waals surface area contributed by atoms with Gasteiger partial charge in [-0.05, 0) is 42.8 Å². The van der Waals surface area contributed by atoms with Crippen molar-refractivity contribution in [2.45, 2.75) is 19.0 Å². The Balaban J connectivity index is 1.21. The number of nitrogens with one attached hydrogen (secondary N) is 2. The molecule has 0 radical (unpaired) electrons. The molecule has 0 spiro atoms. The average molecular weight is 451 g/mol. The van der Waals surface area contributed by atoms with Crippen molar-refractivity contribution >= 4 is 40.1 Å². The Bertz CT molecular complexity index is 1460. The maximum absolute atomic E-state index is 13.4. The Morgan fingerprint density at radius 3 is 2.65 bits per heavy atom. The molecule has 6 rings (SSSR count). The Morgan fingerprint density at radius 1 is 0.971 bits per heavy atom. The zero-order valence-corrected chi connectivity index (χ0v) is 18.2. The monoisotopic (exact) mass is 451 g/mol. The molecule has 1 aromatic heterocycles. The number of benzene rings is 3. The van der Waals surface area contributed by atoms with Crippen LogP contribution < -0.4 is 10.2 Å². The third-order valence-corrected chi connectivity index (χ3v) is 6.39. The lowest BCUT2D eigenvalue weighted by molar-refractivity contribution is -0.116. The molecule has 0 aliphatic carbocycles. The topological polar surface area (TPSA) is 98.4 Å². The van der Waals surface area contributed by atoms with Crippen LogP contribution in [0.15, 0.2) is 73.1 Å². The van der Waals surface area contributed by atoms with E-state index in [2.05, 4.69) is 15.3 Å². The van der Waals surface area contributed by atoms with Gasteiger partial charge in [0.15, 0.2) is 0 Å². The highest BCUT2D eigenvalue weighted by Gasteiger charge is 2.47. The highest BCUT2D eigenvalue weighted by atomic mass is 16.2.